The molecule has 3 N–H and O–H groups in total. The molecule has 2 aromatic heterocycles. The molecule has 2 heterocycles. The Hall–Kier alpha value is -7.46. The molecule has 350 valence electrons. The lowest BCUT2D eigenvalue weighted by Crippen LogP contribution is -2.25. The zero-order chi connectivity index (χ0) is 47.4. The van der Waals surface area contributed by atoms with Gasteiger partial charge in [0.15, 0.2) is 27.9 Å². The predicted molar refractivity (Wildman–Crippen MR) is 269 cm³/mol. The quantitative estimate of drug-likeness (QED) is 0.0355. The van der Waals surface area contributed by atoms with E-state index in [1.165, 1.54) is 11.1 Å². The molecule has 1 aliphatic carbocycles. The van der Waals surface area contributed by atoms with Crippen LogP contribution in [0.25, 0.3) is 22.3 Å². The van der Waals surface area contributed by atoms with E-state index in [1.807, 2.05) is 72.8 Å². The minimum atomic E-state index is -0.504. The lowest BCUT2D eigenvalue weighted by molar-refractivity contribution is 0.102. The highest BCUT2D eigenvalue weighted by Crippen LogP contribution is 2.44. The van der Waals surface area contributed by atoms with Gasteiger partial charge in [-0.05, 0) is 100 Å². The minimum Gasteiger partial charge on any atom is -0.491 e. The Bertz CT molecular complexity index is 2980. The van der Waals surface area contributed by atoms with Crippen molar-refractivity contribution in [1.29, 1.82) is 0 Å². The highest BCUT2D eigenvalue weighted by atomic mass is 35.5. The van der Waals surface area contributed by atoms with Crippen LogP contribution in [0.5, 0.6) is 17.2 Å². The molecule has 0 spiro atoms. The van der Waals surface area contributed by atoms with Crippen LogP contribution in [0.4, 0.5) is 16.3 Å². The van der Waals surface area contributed by atoms with Gasteiger partial charge in [0.25, 0.3) is 5.91 Å². The largest absolute Gasteiger partial charge is 0.491 e. The Balaban J connectivity index is 0.697. The Morgan fingerprint density at radius 3 is 2.20 bits per heavy atom. The summed E-state index contributed by atoms with van der Waals surface area (Å²) in [6.45, 7) is 4.75. The number of amides is 2. The van der Waals surface area contributed by atoms with Crippen LogP contribution >= 0.6 is 23.4 Å². The Morgan fingerprint density at radius 2 is 1.45 bits per heavy atom. The molecule has 9 rings (SSSR count). The zero-order valence-electron chi connectivity index (χ0n) is 37.8. The molecular formula is C53H49ClN8O6S. The van der Waals surface area contributed by atoms with E-state index in [0.717, 1.165) is 34.4 Å². The molecule has 1 aliphatic rings. The lowest BCUT2D eigenvalue weighted by atomic mass is 9.98. The average Bonchev–Trinajstić information content (AvgIpc) is 3.94. The second-order valence-corrected chi connectivity index (χ2v) is 17.5. The number of carbonyl (C=O) groups excluding carboxylic acids is 2. The van der Waals surface area contributed by atoms with Crippen LogP contribution in [-0.2, 0) is 22.6 Å². The van der Waals surface area contributed by atoms with Crippen molar-refractivity contribution in [1.82, 2.24) is 30.3 Å². The first-order valence-corrected chi connectivity index (χ1v) is 24.0. The molecule has 8 aromatic rings. The van der Waals surface area contributed by atoms with Crippen molar-refractivity contribution in [3.8, 4) is 28.4 Å². The predicted octanol–water partition coefficient (Wildman–Crippen LogP) is 11.0. The second kappa shape index (κ2) is 22.6. The van der Waals surface area contributed by atoms with E-state index < -0.39 is 6.09 Å². The number of para-hydroxylation sites is 2. The summed E-state index contributed by atoms with van der Waals surface area (Å²) < 4.78 is 25.4. The van der Waals surface area contributed by atoms with Gasteiger partial charge < -0.3 is 34.9 Å². The van der Waals surface area contributed by atoms with Crippen LogP contribution in [0.2, 0.25) is 5.02 Å². The molecule has 0 fully saturated rings. The molecule has 0 radical (unpaired) electrons. The first-order chi connectivity index (χ1) is 33.9. The van der Waals surface area contributed by atoms with Crippen LogP contribution < -0.4 is 25.4 Å². The molecule has 0 atom stereocenters. The summed E-state index contributed by atoms with van der Waals surface area (Å²) in [5.74, 6) is 2.88. The molecule has 0 unspecified atom stereocenters. The number of ether oxygens (including phenoxy) is 4. The highest BCUT2D eigenvalue weighted by Gasteiger charge is 2.29. The fraction of sp³-hybridized carbons (Fsp3) is 0.208. The number of fused-ring (bicyclic) bond motifs is 4. The van der Waals surface area contributed by atoms with Gasteiger partial charge in [-0.1, -0.05) is 120 Å². The van der Waals surface area contributed by atoms with E-state index >= 15 is 0 Å². The smallest absolute Gasteiger partial charge is 0.407 e. The maximum atomic E-state index is 13.3. The SMILES string of the molecule is CCCSc1nc(NCCOCCOc2ccc(Oc3ccccc3NC(=O)c3ccc(CNC(=O)OCC4c5ccccc5-c5ccccc54)cc3)cc2)c2nnn(Cc3ccc(Cl)cc3)c2n1. The maximum Gasteiger partial charge on any atom is 0.407 e. The number of rotatable bonds is 21. The number of nitrogens with one attached hydrogen (secondary N) is 3. The summed E-state index contributed by atoms with van der Waals surface area (Å²) in [7, 11) is 0. The van der Waals surface area contributed by atoms with Crippen molar-refractivity contribution in [2.45, 2.75) is 37.5 Å². The molecular weight excluding hydrogens is 912 g/mol. The van der Waals surface area contributed by atoms with Crippen molar-refractivity contribution in [2.75, 3.05) is 49.4 Å². The lowest BCUT2D eigenvalue weighted by Gasteiger charge is -2.15. The molecule has 0 bridgehead atoms. The monoisotopic (exact) mass is 960 g/mol. The van der Waals surface area contributed by atoms with Crippen LogP contribution in [-0.4, -0.2) is 75.7 Å². The Kier molecular flexibility index (Phi) is 15.2. The van der Waals surface area contributed by atoms with E-state index in [-0.39, 0.29) is 25.0 Å². The van der Waals surface area contributed by atoms with Gasteiger partial charge in [-0.3, -0.25) is 4.79 Å². The summed E-state index contributed by atoms with van der Waals surface area (Å²) in [5.41, 5.74) is 8.73. The average molecular weight is 962 g/mol. The van der Waals surface area contributed by atoms with Gasteiger partial charge in [0.1, 0.15) is 24.7 Å². The minimum absolute atomic E-state index is 0.0201. The van der Waals surface area contributed by atoms with Gasteiger partial charge in [-0.15, -0.1) is 5.10 Å². The summed E-state index contributed by atoms with van der Waals surface area (Å²) in [4.78, 5) is 35.5. The molecule has 16 heteroatoms. The van der Waals surface area contributed by atoms with Gasteiger partial charge in [-0.25, -0.2) is 19.4 Å². The van der Waals surface area contributed by atoms with Crippen LogP contribution in [0, 0.1) is 0 Å². The zero-order valence-corrected chi connectivity index (χ0v) is 39.3. The number of carbonyl (C=O) groups is 2. The number of nitrogens with zero attached hydrogens (tertiary/aromatic N) is 5. The number of aromatic nitrogens is 5. The molecule has 2 amide bonds. The topological polar surface area (TPSA) is 164 Å². The van der Waals surface area contributed by atoms with Gasteiger partial charge in [-0.2, -0.15) is 0 Å². The van der Waals surface area contributed by atoms with Crippen LogP contribution in [0.15, 0.2) is 151 Å². The van der Waals surface area contributed by atoms with Crippen molar-refractivity contribution in [3.63, 3.8) is 0 Å². The first kappa shape index (κ1) is 46.6. The fourth-order valence-corrected chi connectivity index (χ4v) is 8.65. The number of hydrogen-bond acceptors (Lipinski definition) is 12. The molecule has 14 nitrogen and oxygen atoms in total. The number of anilines is 2. The fourth-order valence-electron chi connectivity index (χ4n) is 7.83. The summed E-state index contributed by atoms with van der Waals surface area (Å²) in [5, 5.41) is 19.2. The number of halogens is 1. The molecule has 6 aromatic carbocycles. The molecule has 0 saturated carbocycles. The van der Waals surface area contributed by atoms with Crippen LogP contribution in [0.1, 0.15) is 51.9 Å². The van der Waals surface area contributed by atoms with Gasteiger partial charge in [0, 0.05) is 35.3 Å². The summed E-state index contributed by atoms with van der Waals surface area (Å²) in [6.07, 6.45) is 0.493. The van der Waals surface area contributed by atoms with Gasteiger partial charge >= 0.3 is 6.09 Å². The molecule has 0 aliphatic heterocycles. The third kappa shape index (κ3) is 11.8. The number of alkyl carbamates (subject to hydrolysis) is 1. The van der Waals surface area contributed by atoms with Crippen molar-refractivity contribution in [3.05, 3.63) is 178 Å². The third-order valence-corrected chi connectivity index (χ3v) is 12.5. The van der Waals surface area contributed by atoms with E-state index in [4.69, 9.17) is 40.5 Å². The number of thioether (sulfide) groups is 1. The number of benzene rings is 6. The first-order valence-electron chi connectivity index (χ1n) is 22.7. The van der Waals surface area contributed by atoms with E-state index in [1.54, 1.807) is 65.0 Å². The highest BCUT2D eigenvalue weighted by molar-refractivity contribution is 7.99. The van der Waals surface area contributed by atoms with Crippen molar-refractivity contribution in [2.24, 2.45) is 0 Å². The molecule has 69 heavy (non-hydrogen) atoms. The van der Waals surface area contributed by atoms with Crippen LogP contribution in [0.3, 0.4) is 0 Å². The van der Waals surface area contributed by atoms with E-state index in [9.17, 15) is 9.59 Å². The Labute approximate surface area is 408 Å². The normalized spacial score (nSPS) is 11.7. The van der Waals surface area contributed by atoms with Crippen molar-refractivity contribution < 1.29 is 28.5 Å². The van der Waals surface area contributed by atoms with Crippen molar-refractivity contribution >= 4 is 58.0 Å². The maximum absolute atomic E-state index is 13.3. The standard InChI is InChI=1S/C53H49ClN8O6S/c1-2-31-69-52-58-49(48-50(59-52)62(61-60-48)33-36-17-21-38(54)22-18-36)55-27-28-65-29-30-66-39-23-25-40(26-24-39)68-47-14-8-7-13-46(47)57-51(63)37-19-15-35(16-20-37)32-56-53(64)67-34-45-43-11-5-3-9-41(43)42-10-4-6-12-44(42)45/h3-26,45H,2,27-34H2,1H3,(H,56,64)(H,57,63)(H,55,58,59). The van der Waals surface area contributed by atoms with Gasteiger partial charge in [0.2, 0.25) is 0 Å². The summed E-state index contributed by atoms with van der Waals surface area (Å²) >= 11 is 7.68. The van der Waals surface area contributed by atoms with E-state index in [2.05, 4.69) is 57.5 Å². The van der Waals surface area contributed by atoms with E-state index in [0.29, 0.717) is 88.6 Å². The molecule has 0 saturated heterocycles. The number of hydrogen-bond donors (Lipinski definition) is 3. The Morgan fingerprint density at radius 1 is 0.754 bits per heavy atom. The third-order valence-electron chi connectivity index (χ3n) is 11.2. The second-order valence-electron chi connectivity index (χ2n) is 16.0. The summed E-state index contributed by atoms with van der Waals surface area (Å²) in [6, 6.07) is 45.6. The van der Waals surface area contributed by atoms with Gasteiger partial charge in [0.05, 0.1) is 25.4 Å².